The van der Waals surface area contributed by atoms with Crippen LogP contribution in [0.25, 0.3) is 11.1 Å². The maximum Gasteiger partial charge on any atom is 0.407 e. The van der Waals surface area contributed by atoms with Gasteiger partial charge in [-0.05, 0) is 35.1 Å². The van der Waals surface area contributed by atoms with Crippen molar-refractivity contribution in [2.45, 2.75) is 31.2 Å². The molecule has 9 heteroatoms. The van der Waals surface area contributed by atoms with Crippen LogP contribution in [0, 0.1) is 5.92 Å². The van der Waals surface area contributed by atoms with Crippen LogP contribution in [0.2, 0.25) is 0 Å². The Morgan fingerprint density at radius 3 is 2.34 bits per heavy atom. The summed E-state index contributed by atoms with van der Waals surface area (Å²) in [4.78, 5) is 36.7. The topological polar surface area (TPSA) is 123 Å². The highest BCUT2D eigenvalue weighted by molar-refractivity contribution is 5.94. The lowest BCUT2D eigenvalue weighted by molar-refractivity contribution is -0.120. The van der Waals surface area contributed by atoms with Crippen molar-refractivity contribution in [1.82, 2.24) is 15.1 Å². The second-order valence-electron chi connectivity index (χ2n) is 8.95. The Bertz CT molecular complexity index is 1250. The van der Waals surface area contributed by atoms with Crippen LogP contribution in [-0.2, 0) is 16.6 Å². The standard InChI is InChI=1S/C26H26N4O5/c1-30-22(25(32)33)13-23(29-30)28-24(31)19-11-6-12-21(19)27-26(34)35-14-20-17-9-4-2-7-15(17)16-8-3-5-10-18(16)20/h2-5,7-10,13,19-21H,6,11-12,14H2,1H3,(H,27,34)(H,32,33)(H,28,29,31)/t19-,21+/m0/s1. The number of carboxylic acids is 1. The van der Waals surface area contributed by atoms with Crippen molar-refractivity contribution in [3.05, 3.63) is 71.4 Å². The summed E-state index contributed by atoms with van der Waals surface area (Å²) in [7, 11) is 1.50. The van der Waals surface area contributed by atoms with E-state index in [1.165, 1.54) is 17.8 Å². The lowest BCUT2D eigenvalue weighted by atomic mass is 9.98. The van der Waals surface area contributed by atoms with Crippen LogP contribution in [0.15, 0.2) is 54.6 Å². The first-order valence-electron chi connectivity index (χ1n) is 11.6. The van der Waals surface area contributed by atoms with Gasteiger partial charge in [-0.3, -0.25) is 9.48 Å². The van der Waals surface area contributed by atoms with E-state index in [2.05, 4.69) is 40.0 Å². The molecule has 3 aromatic rings. The summed E-state index contributed by atoms with van der Waals surface area (Å²) < 4.78 is 6.82. The van der Waals surface area contributed by atoms with E-state index in [1.807, 2.05) is 24.3 Å². The minimum absolute atomic E-state index is 0.0277. The SMILES string of the molecule is Cn1nc(NC(=O)[C@H]2CCC[C@H]2NC(=O)OCC2c3ccccc3-c3ccccc32)cc1C(=O)O. The molecule has 2 aliphatic rings. The number of amides is 2. The van der Waals surface area contributed by atoms with E-state index in [1.54, 1.807) is 0 Å². The first-order chi connectivity index (χ1) is 16.9. The number of rotatable bonds is 6. The Kier molecular flexibility index (Phi) is 5.98. The van der Waals surface area contributed by atoms with Crippen molar-refractivity contribution >= 4 is 23.8 Å². The Hall–Kier alpha value is -4.14. The fourth-order valence-electron chi connectivity index (χ4n) is 5.19. The van der Waals surface area contributed by atoms with Gasteiger partial charge in [-0.25, -0.2) is 9.59 Å². The van der Waals surface area contributed by atoms with E-state index in [9.17, 15) is 14.4 Å². The van der Waals surface area contributed by atoms with Gasteiger partial charge in [0.15, 0.2) is 5.82 Å². The number of hydrogen-bond donors (Lipinski definition) is 3. The number of aromatic nitrogens is 2. The molecule has 0 radical (unpaired) electrons. The first kappa shape index (κ1) is 22.6. The predicted molar refractivity (Wildman–Crippen MR) is 128 cm³/mol. The Labute approximate surface area is 202 Å². The number of ether oxygens (including phenoxy) is 1. The van der Waals surface area contributed by atoms with Gasteiger partial charge in [0.25, 0.3) is 0 Å². The third-order valence-corrected chi connectivity index (χ3v) is 6.85. The number of carbonyl (C=O) groups is 3. The fraction of sp³-hybridized carbons (Fsp3) is 0.308. The molecule has 0 aliphatic heterocycles. The van der Waals surface area contributed by atoms with E-state index in [4.69, 9.17) is 9.84 Å². The van der Waals surface area contributed by atoms with Crippen molar-refractivity contribution in [1.29, 1.82) is 0 Å². The molecule has 3 N–H and O–H groups in total. The molecule has 0 bridgehead atoms. The molecule has 2 aliphatic carbocycles. The number of aryl methyl sites for hydroxylation is 1. The third kappa shape index (κ3) is 4.37. The van der Waals surface area contributed by atoms with E-state index < -0.39 is 18.0 Å². The van der Waals surface area contributed by atoms with Gasteiger partial charge in [0.1, 0.15) is 12.3 Å². The molecule has 0 unspecified atom stereocenters. The first-order valence-corrected chi connectivity index (χ1v) is 11.6. The van der Waals surface area contributed by atoms with Gasteiger partial charge in [-0.1, -0.05) is 55.0 Å². The number of carbonyl (C=O) groups excluding carboxylic acids is 2. The molecule has 9 nitrogen and oxygen atoms in total. The number of alkyl carbamates (subject to hydrolysis) is 1. The maximum atomic E-state index is 12.8. The lowest BCUT2D eigenvalue weighted by Crippen LogP contribution is -2.42. The summed E-state index contributed by atoms with van der Waals surface area (Å²) in [6, 6.07) is 17.2. The summed E-state index contributed by atoms with van der Waals surface area (Å²) in [5, 5.41) is 18.7. The summed E-state index contributed by atoms with van der Waals surface area (Å²) in [5.74, 6) is -1.76. The minimum atomic E-state index is -1.13. The van der Waals surface area contributed by atoms with E-state index in [0.29, 0.717) is 12.8 Å². The molecule has 1 saturated carbocycles. The molecular formula is C26H26N4O5. The fourth-order valence-corrected chi connectivity index (χ4v) is 5.19. The number of nitrogens with one attached hydrogen (secondary N) is 2. The second-order valence-corrected chi connectivity index (χ2v) is 8.95. The highest BCUT2D eigenvalue weighted by Gasteiger charge is 2.35. The van der Waals surface area contributed by atoms with Crippen molar-refractivity contribution in [2.24, 2.45) is 13.0 Å². The van der Waals surface area contributed by atoms with Crippen molar-refractivity contribution in [3.63, 3.8) is 0 Å². The van der Waals surface area contributed by atoms with Gasteiger partial charge in [-0.2, -0.15) is 5.10 Å². The number of hydrogen-bond acceptors (Lipinski definition) is 5. The van der Waals surface area contributed by atoms with Crippen LogP contribution in [0.4, 0.5) is 10.6 Å². The second kappa shape index (κ2) is 9.25. The van der Waals surface area contributed by atoms with E-state index in [0.717, 1.165) is 28.7 Å². The summed E-state index contributed by atoms with van der Waals surface area (Å²) in [6.45, 7) is 0.204. The molecule has 35 heavy (non-hydrogen) atoms. The van der Waals surface area contributed by atoms with Gasteiger partial charge < -0.3 is 20.5 Å². The number of fused-ring (bicyclic) bond motifs is 3. The molecule has 1 heterocycles. The highest BCUT2D eigenvalue weighted by atomic mass is 16.5. The number of aromatic carboxylic acids is 1. The normalized spacial score (nSPS) is 18.5. The highest BCUT2D eigenvalue weighted by Crippen LogP contribution is 2.44. The van der Waals surface area contributed by atoms with Crippen molar-refractivity contribution in [2.75, 3.05) is 11.9 Å². The van der Waals surface area contributed by atoms with Crippen molar-refractivity contribution in [3.8, 4) is 11.1 Å². The largest absolute Gasteiger partial charge is 0.477 e. The summed E-state index contributed by atoms with van der Waals surface area (Å²) >= 11 is 0. The summed E-state index contributed by atoms with van der Waals surface area (Å²) in [5.41, 5.74) is 4.56. The molecule has 2 aromatic carbocycles. The molecule has 180 valence electrons. The van der Waals surface area contributed by atoms with Gasteiger partial charge in [0, 0.05) is 25.1 Å². The predicted octanol–water partition coefficient (Wildman–Crippen LogP) is 3.76. The zero-order chi connectivity index (χ0) is 24.5. The maximum absolute atomic E-state index is 12.8. The molecule has 2 atom stereocenters. The van der Waals surface area contributed by atoms with Gasteiger partial charge in [0.05, 0.1) is 5.92 Å². The molecule has 0 spiro atoms. The molecule has 1 aromatic heterocycles. The van der Waals surface area contributed by atoms with Gasteiger partial charge in [-0.15, -0.1) is 0 Å². The molecule has 5 rings (SSSR count). The molecular weight excluding hydrogens is 448 g/mol. The third-order valence-electron chi connectivity index (χ3n) is 6.85. The zero-order valence-electron chi connectivity index (χ0n) is 19.2. The van der Waals surface area contributed by atoms with Crippen LogP contribution in [0.3, 0.4) is 0 Å². The minimum Gasteiger partial charge on any atom is -0.477 e. The number of benzene rings is 2. The molecule has 0 saturated heterocycles. The van der Waals surface area contributed by atoms with Crippen LogP contribution in [0.1, 0.15) is 46.8 Å². The quantitative estimate of drug-likeness (QED) is 0.500. The van der Waals surface area contributed by atoms with E-state index >= 15 is 0 Å². The number of anilines is 1. The van der Waals surface area contributed by atoms with Crippen LogP contribution >= 0.6 is 0 Å². The van der Waals surface area contributed by atoms with Crippen LogP contribution < -0.4 is 10.6 Å². The smallest absolute Gasteiger partial charge is 0.407 e. The number of nitrogens with zero attached hydrogens (tertiary/aromatic N) is 2. The van der Waals surface area contributed by atoms with Crippen LogP contribution in [0.5, 0.6) is 0 Å². The van der Waals surface area contributed by atoms with Gasteiger partial charge >= 0.3 is 12.1 Å². The Morgan fingerprint density at radius 1 is 1.06 bits per heavy atom. The van der Waals surface area contributed by atoms with Crippen molar-refractivity contribution < 1.29 is 24.2 Å². The zero-order valence-corrected chi connectivity index (χ0v) is 19.2. The monoisotopic (exact) mass is 474 g/mol. The van der Waals surface area contributed by atoms with E-state index in [-0.39, 0.29) is 36.0 Å². The lowest BCUT2D eigenvalue weighted by Gasteiger charge is -2.21. The van der Waals surface area contributed by atoms with Crippen LogP contribution in [-0.4, -0.2) is 45.5 Å². The molecule has 2 amide bonds. The number of carboxylic acid groups (broad SMARTS) is 1. The Balaban J connectivity index is 1.20. The van der Waals surface area contributed by atoms with Gasteiger partial charge in [0.2, 0.25) is 5.91 Å². The Morgan fingerprint density at radius 2 is 1.71 bits per heavy atom. The average Bonchev–Trinajstić information content (AvgIpc) is 3.53. The summed E-state index contributed by atoms with van der Waals surface area (Å²) in [6.07, 6.45) is 1.50. The average molecular weight is 475 g/mol. The molecule has 1 fully saturated rings.